The first-order valence-electron chi connectivity index (χ1n) is 2.87. The summed E-state index contributed by atoms with van der Waals surface area (Å²) >= 11 is 0. The molecule has 0 spiro atoms. The lowest BCUT2D eigenvalue weighted by atomic mass is 10.1. The lowest BCUT2D eigenvalue weighted by molar-refractivity contribution is -0.311. The molecule has 1 N–H and O–H groups in total. The van der Waals surface area contributed by atoms with Crippen molar-refractivity contribution in [3.63, 3.8) is 0 Å². The monoisotopic (exact) mass is 196 g/mol. The fourth-order valence-electron chi connectivity index (χ4n) is 0.459. The maximum atomic E-state index is 12.1. The van der Waals surface area contributed by atoms with E-state index in [9.17, 15) is 26.3 Å². The van der Waals surface area contributed by atoms with Crippen molar-refractivity contribution in [1.29, 1.82) is 0 Å². The number of hydrogen-bond donors (Lipinski definition) is 1. The minimum absolute atomic E-state index is 0.518. The van der Waals surface area contributed by atoms with Gasteiger partial charge in [-0.3, -0.25) is 0 Å². The Labute approximate surface area is 64.0 Å². The molecule has 0 aliphatic carbocycles. The second-order valence-electron chi connectivity index (χ2n) is 2.26. The van der Waals surface area contributed by atoms with Crippen molar-refractivity contribution in [1.82, 2.24) is 0 Å². The van der Waals surface area contributed by atoms with Crippen LogP contribution in [0.3, 0.4) is 0 Å². The van der Waals surface area contributed by atoms with Gasteiger partial charge in [0.15, 0.2) is 6.17 Å². The highest BCUT2D eigenvalue weighted by Gasteiger charge is 2.64. The molecule has 0 aromatic carbocycles. The van der Waals surface area contributed by atoms with E-state index < -0.39 is 24.4 Å². The highest BCUT2D eigenvalue weighted by molar-refractivity contribution is 4.87. The fourth-order valence-corrected chi connectivity index (χ4v) is 0.459. The van der Waals surface area contributed by atoms with E-state index in [1.807, 2.05) is 0 Å². The Morgan fingerprint density at radius 2 is 1.42 bits per heavy atom. The van der Waals surface area contributed by atoms with Gasteiger partial charge < -0.3 is 5.11 Å². The van der Waals surface area contributed by atoms with E-state index in [-0.39, 0.29) is 0 Å². The van der Waals surface area contributed by atoms with Crippen LogP contribution in [-0.2, 0) is 0 Å². The summed E-state index contributed by atoms with van der Waals surface area (Å²) in [6, 6.07) is 0. The second kappa shape index (κ2) is 3.12. The van der Waals surface area contributed by atoms with Crippen molar-refractivity contribution in [2.75, 3.05) is 0 Å². The molecular weight excluding hydrogens is 190 g/mol. The zero-order valence-electron chi connectivity index (χ0n) is 5.87. The van der Waals surface area contributed by atoms with Crippen LogP contribution in [0.4, 0.5) is 26.3 Å². The van der Waals surface area contributed by atoms with Crippen LogP contribution in [-0.4, -0.2) is 29.5 Å². The zero-order valence-corrected chi connectivity index (χ0v) is 5.87. The molecule has 0 aromatic heterocycles. The maximum Gasteiger partial charge on any atom is 0.456 e. The first-order valence-corrected chi connectivity index (χ1v) is 2.87. The van der Waals surface area contributed by atoms with Crippen LogP contribution < -0.4 is 0 Å². The van der Waals surface area contributed by atoms with Gasteiger partial charge in [-0.05, 0) is 6.92 Å². The molecule has 0 radical (unpaired) electrons. The summed E-state index contributed by atoms with van der Waals surface area (Å²) in [5.41, 5.74) is 0. The van der Waals surface area contributed by atoms with Crippen molar-refractivity contribution >= 4 is 0 Å². The maximum absolute atomic E-state index is 12.1. The molecule has 74 valence electrons. The van der Waals surface area contributed by atoms with Crippen molar-refractivity contribution in [3.05, 3.63) is 0 Å². The van der Waals surface area contributed by atoms with Crippen LogP contribution in [0, 0.1) is 0 Å². The SMILES string of the molecule is CC(O)C(F)C(F)(F)C(F)(F)F. The van der Waals surface area contributed by atoms with E-state index in [2.05, 4.69) is 0 Å². The molecule has 0 aromatic rings. The molecule has 1 nitrogen and oxygen atoms in total. The third-order valence-corrected chi connectivity index (χ3v) is 1.15. The van der Waals surface area contributed by atoms with Crippen molar-refractivity contribution in [2.45, 2.75) is 31.3 Å². The summed E-state index contributed by atoms with van der Waals surface area (Å²) in [4.78, 5) is 0. The number of hydrogen-bond acceptors (Lipinski definition) is 1. The molecule has 0 amide bonds. The van der Waals surface area contributed by atoms with Gasteiger partial charge in [0, 0.05) is 0 Å². The lowest BCUT2D eigenvalue weighted by Gasteiger charge is -2.24. The van der Waals surface area contributed by atoms with Crippen LogP contribution >= 0.6 is 0 Å². The first kappa shape index (κ1) is 11.5. The van der Waals surface area contributed by atoms with Crippen molar-refractivity contribution < 1.29 is 31.4 Å². The smallest absolute Gasteiger partial charge is 0.390 e. The number of aliphatic hydroxyl groups is 1. The molecule has 0 fully saturated rings. The number of halogens is 6. The van der Waals surface area contributed by atoms with Gasteiger partial charge in [0.25, 0.3) is 0 Å². The van der Waals surface area contributed by atoms with Crippen LogP contribution in [0.1, 0.15) is 6.92 Å². The molecule has 0 rings (SSSR count). The Balaban J connectivity index is 4.61. The second-order valence-corrected chi connectivity index (χ2v) is 2.26. The van der Waals surface area contributed by atoms with Gasteiger partial charge in [-0.1, -0.05) is 0 Å². The van der Waals surface area contributed by atoms with Gasteiger partial charge in [0.1, 0.15) is 0 Å². The van der Waals surface area contributed by atoms with Crippen LogP contribution in [0.15, 0.2) is 0 Å². The van der Waals surface area contributed by atoms with E-state index in [4.69, 9.17) is 5.11 Å². The average Bonchev–Trinajstić information content (AvgIpc) is 1.83. The van der Waals surface area contributed by atoms with Crippen LogP contribution in [0.5, 0.6) is 0 Å². The van der Waals surface area contributed by atoms with Gasteiger partial charge in [-0.15, -0.1) is 0 Å². The largest absolute Gasteiger partial charge is 0.456 e. The van der Waals surface area contributed by atoms with E-state index in [0.717, 1.165) is 0 Å². The molecule has 7 heteroatoms. The summed E-state index contributed by atoms with van der Waals surface area (Å²) in [6.07, 6.45) is -12.0. The van der Waals surface area contributed by atoms with Gasteiger partial charge in [0.2, 0.25) is 0 Å². The zero-order chi connectivity index (χ0) is 10.2. The molecule has 0 aliphatic heterocycles. The topological polar surface area (TPSA) is 20.2 Å². The summed E-state index contributed by atoms with van der Waals surface area (Å²) in [5, 5.41) is 8.16. The highest BCUT2D eigenvalue weighted by atomic mass is 19.4. The molecule has 2 unspecified atom stereocenters. The standard InChI is InChI=1S/C5H6F6O/c1-2(12)3(6)4(7,8)5(9,10)11/h2-3,12H,1H3. The number of rotatable bonds is 2. The van der Waals surface area contributed by atoms with E-state index in [1.54, 1.807) is 0 Å². The fraction of sp³-hybridized carbons (Fsp3) is 1.00. The minimum Gasteiger partial charge on any atom is -0.390 e. The van der Waals surface area contributed by atoms with Crippen molar-refractivity contribution in [3.8, 4) is 0 Å². The molecule has 0 aliphatic rings. The molecule has 0 saturated heterocycles. The third-order valence-electron chi connectivity index (χ3n) is 1.15. The van der Waals surface area contributed by atoms with Gasteiger partial charge in [-0.25, -0.2) is 4.39 Å². The quantitative estimate of drug-likeness (QED) is 0.668. The van der Waals surface area contributed by atoms with Crippen LogP contribution in [0.2, 0.25) is 0 Å². The Kier molecular flexibility index (Phi) is 3.00. The Bertz CT molecular complexity index is 151. The predicted octanol–water partition coefficient (Wildman–Crippen LogP) is 1.90. The Hall–Kier alpha value is -0.460. The number of aliphatic hydroxyl groups excluding tert-OH is 1. The Morgan fingerprint density at radius 3 is 1.50 bits per heavy atom. The van der Waals surface area contributed by atoms with Crippen LogP contribution in [0.25, 0.3) is 0 Å². The third kappa shape index (κ3) is 2.02. The van der Waals surface area contributed by atoms with Crippen molar-refractivity contribution in [2.24, 2.45) is 0 Å². The lowest BCUT2D eigenvalue weighted by Crippen LogP contribution is -2.49. The Morgan fingerprint density at radius 1 is 1.08 bits per heavy atom. The van der Waals surface area contributed by atoms with Gasteiger partial charge >= 0.3 is 12.1 Å². The highest BCUT2D eigenvalue weighted by Crippen LogP contribution is 2.40. The van der Waals surface area contributed by atoms with E-state index in [1.165, 1.54) is 0 Å². The molecule has 0 heterocycles. The normalized spacial score (nSPS) is 19.0. The molecule has 0 bridgehead atoms. The predicted molar refractivity (Wildman–Crippen MR) is 27.6 cm³/mol. The van der Waals surface area contributed by atoms with E-state index >= 15 is 0 Å². The summed E-state index contributed by atoms with van der Waals surface area (Å²) < 4.78 is 69.9. The van der Waals surface area contributed by atoms with Gasteiger partial charge in [0.05, 0.1) is 6.10 Å². The first-order chi connectivity index (χ1) is 5.10. The number of alkyl halides is 6. The average molecular weight is 196 g/mol. The van der Waals surface area contributed by atoms with E-state index in [0.29, 0.717) is 6.92 Å². The summed E-state index contributed by atoms with van der Waals surface area (Å²) in [5.74, 6) is -5.50. The molecule has 0 saturated carbocycles. The minimum atomic E-state index is -5.97. The molecule has 12 heavy (non-hydrogen) atoms. The molecule has 2 atom stereocenters. The summed E-state index contributed by atoms with van der Waals surface area (Å²) in [6.45, 7) is 0.518. The molecular formula is C5H6F6O. The summed E-state index contributed by atoms with van der Waals surface area (Å²) in [7, 11) is 0. The van der Waals surface area contributed by atoms with Gasteiger partial charge in [-0.2, -0.15) is 22.0 Å².